The van der Waals surface area contributed by atoms with Crippen LogP contribution in [0.25, 0.3) is 0 Å². The zero-order valence-electron chi connectivity index (χ0n) is 20.7. The number of unbranched alkanes of at least 4 members (excludes halogenated alkanes) is 9. The van der Waals surface area contributed by atoms with Crippen molar-refractivity contribution in [2.24, 2.45) is 0 Å². The Labute approximate surface area is 197 Å². The highest BCUT2D eigenvalue weighted by Gasteiger charge is 2.11. The predicted octanol–water partition coefficient (Wildman–Crippen LogP) is 8.32. The molecular weight excluding hydrogens is 400 g/mol. The second kappa shape index (κ2) is 23.8. The Bertz CT molecular complexity index is 534. The third kappa shape index (κ3) is 22.8. The average Bonchev–Trinajstić information content (AvgIpc) is 2.76. The van der Waals surface area contributed by atoms with E-state index in [9.17, 15) is 9.59 Å². The molecule has 1 unspecified atom stereocenters. The van der Waals surface area contributed by atoms with Crippen molar-refractivity contribution < 1.29 is 19.4 Å². The van der Waals surface area contributed by atoms with E-state index in [1.165, 1.54) is 25.7 Å². The van der Waals surface area contributed by atoms with E-state index in [-0.39, 0.29) is 18.5 Å². The second-order valence-corrected chi connectivity index (χ2v) is 8.52. The first kappa shape index (κ1) is 30.2. The molecule has 0 saturated carbocycles. The summed E-state index contributed by atoms with van der Waals surface area (Å²) in [6.45, 7) is 4.35. The molecule has 4 heteroatoms. The average molecular weight is 449 g/mol. The van der Waals surface area contributed by atoms with E-state index in [0.717, 1.165) is 70.6 Å². The Kier molecular flexibility index (Phi) is 22.4. The van der Waals surface area contributed by atoms with E-state index < -0.39 is 5.97 Å². The Balaban J connectivity index is 4.25. The van der Waals surface area contributed by atoms with E-state index in [0.29, 0.717) is 6.42 Å². The van der Waals surface area contributed by atoms with Crippen molar-refractivity contribution in [1.82, 2.24) is 0 Å². The van der Waals surface area contributed by atoms with E-state index in [4.69, 9.17) is 9.84 Å². The van der Waals surface area contributed by atoms with E-state index in [2.05, 4.69) is 44.2 Å². The maximum absolute atomic E-state index is 12.1. The molecule has 0 aliphatic heterocycles. The summed E-state index contributed by atoms with van der Waals surface area (Å²) in [5, 5.41) is 8.69. The molecule has 0 bridgehead atoms. The largest absolute Gasteiger partial charge is 0.481 e. The number of carboxylic acid groups (broad SMARTS) is 1. The Morgan fingerprint density at radius 3 is 2.03 bits per heavy atom. The summed E-state index contributed by atoms with van der Waals surface area (Å²) in [4.78, 5) is 22.7. The Hall–Kier alpha value is -1.84. The topological polar surface area (TPSA) is 63.6 Å². The zero-order valence-corrected chi connectivity index (χ0v) is 20.7. The van der Waals surface area contributed by atoms with Crippen molar-refractivity contribution >= 4 is 11.9 Å². The SMILES string of the molecule is CCCCC/C=C\C/C=C\C/C=C\C(CCCCCCCC(=O)O)OC(=O)CCCCC. The molecule has 0 radical (unpaired) electrons. The van der Waals surface area contributed by atoms with Gasteiger partial charge in [0, 0.05) is 12.8 Å². The van der Waals surface area contributed by atoms with Gasteiger partial charge in [-0.15, -0.1) is 0 Å². The number of hydrogen-bond acceptors (Lipinski definition) is 3. The fraction of sp³-hybridized carbons (Fsp3) is 0.714. The molecule has 1 atom stereocenters. The smallest absolute Gasteiger partial charge is 0.306 e. The molecule has 0 spiro atoms. The van der Waals surface area contributed by atoms with Crippen LogP contribution in [0.1, 0.15) is 123 Å². The first-order valence-electron chi connectivity index (χ1n) is 13.0. The van der Waals surface area contributed by atoms with Crippen molar-refractivity contribution in [2.45, 2.75) is 129 Å². The van der Waals surface area contributed by atoms with Crippen molar-refractivity contribution in [2.75, 3.05) is 0 Å². The number of esters is 1. The highest BCUT2D eigenvalue weighted by molar-refractivity contribution is 5.69. The summed E-state index contributed by atoms with van der Waals surface area (Å²) < 4.78 is 5.71. The number of carbonyl (C=O) groups excluding carboxylic acids is 1. The minimum atomic E-state index is -0.720. The van der Waals surface area contributed by atoms with Crippen molar-refractivity contribution in [3.8, 4) is 0 Å². The minimum Gasteiger partial charge on any atom is -0.481 e. The van der Waals surface area contributed by atoms with E-state index >= 15 is 0 Å². The zero-order chi connectivity index (χ0) is 23.7. The fourth-order valence-electron chi connectivity index (χ4n) is 3.40. The molecule has 0 heterocycles. The summed E-state index contributed by atoms with van der Waals surface area (Å²) >= 11 is 0. The minimum absolute atomic E-state index is 0.0988. The lowest BCUT2D eigenvalue weighted by Crippen LogP contribution is -2.16. The van der Waals surface area contributed by atoms with Gasteiger partial charge in [-0.25, -0.2) is 0 Å². The maximum Gasteiger partial charge on any atom is 0.306 e. The van der Waals surface area contributed by atoms with Crippen LogP contribution in [0.5, 0.6) is 0 Å². The van der Waals surface area contributed by atoms with Gasteiger partial charge < -0.3 is 9.84 Å². The van der Waals surface area contributed by atoms with Gasteiger partial charge in [-0.05, 0) is 57.4 Å². The van der Waals surface area contributed by atoms with E-state index in [1.54, 1.807) is 0 Å². The van der Waals surface area contributed by atoms with Crippen LogP contribution in [0.4, 0.5) is 0 Å². The maximum atomic E-state index is 12.1. The van der Waals surface area contributed by atoms with Gasteiger partial charge in [0.15, 0.2) is 0 Å². The lowest BCUT2D eigenvalue weighted by Gasteiger charge is -2.14. The number of hydrogen-bond donors (Lipinski definition) is 1. The van der Waals surface area contributed by atoms with Crippen LogP contribution in [-0.2, 0) is 14.3 Å². The number of ether oxygens (including phenoxy) is 1. The summed E-state index contributed by atoms with van der Waals surface area (Å²) in [7, 11) is 0. The summed E-state index contributed by atoms with van der Waals surface area (Å²) in [6, 6.07) is 0. The first-order valence-corrected chi connectivity index (χ1v) is 13.0. The van der Waals surface area contributed by atoms with Crippen LogP contribution >= 0.6 is 0 Å². The fourth-order valence-corrected chi connectivity index (χ4v) is 3.40. The van der Waals surface area contributed by atoms with E-state index in [1.807, 2.05) is 6.08 Å². The van der Waals surface area contributed by atoms with Gasteiger partial charge in [0.05, 0.1) is 0 Å². The normalized spacial score (nSPS) is 12.8. The van der Waals surface area contributed by atoms with Crippen LogP contribution in [0.3, 0.4) is 0 Å². The van der Waals surface area contributed by atoms with Crippen LogP contribution in [-0.4, -0.2) is 23.1 Å². The molecule has 0 aromatic rings. The van der Waals surface area contributed by atoms with Crippen LogP contribution in [0.2, 0.25) is 0 Å². The lowest BCUT2D eigenvalue weighted by molar-refractivity contribution is -0.147. The quantitative estimate of drug-likeness (QED) is 0.103. The van der Waals surface area contributed by atoms with Crippen molar-refractivity contribution in [3.63, 3.8) is 0 Å². The van der Waals surface area contributed by atoms with Crippen LogP contribution in [0, 0.1) is 0 Å². The number of allylic oxidation sites excluding steroid dienone is 5. The van der Waals surface area contributed by atoms with Gasteiger partial charge >= 0.3 is 11.9 Å². The third-order valence-corrected chi connectivity index (χ3v) is 5.35. The molecule has 0 amide bonds. The highest BCUT2D eigenvalue weighted by atomic mass is 16.5. The first-order chi connectivity index (χ1) is 15.6. The molecule has 0 aromatic carbocycles. The van der Waals surface area contributed by atoms with Gasteiger partial charge in [-0.3, -0.25) is 9.59 Å². The Morgan fingerprint density at radius 1 is 0.719 bits per heavy atom. The van der Waals surface area contributed by atoms with Crippen molar-refractivity contribution in [3.05, 3.63) is 36.5 Å². The lowest BCUT2D eigenvalue weighted by atomic mass is 10.1. The van der Waals surface area contributed by atoms with Gasteiger partial charge in [0.25, 0.3) is 0 Å². The molecular formula is C28H48O4. The molecule has 0 rings (SSSR count). The summed E-state index contributed by atoms with van der Waals surface area (Å²) in [5.41, 5.74) is 0. The van der Waals surface area contributed by atoms with Crippen LogP contribution < -0.4 is 0 Å². The standard InChI is InChI=1S/C28H48O4/c1-3-5-7-8-9-10-11-12-13-15-19-22-26(32-28(31)25-18-6-4-2)23-20-16-14-17-21-24-27(29)30/h9-10,12-13,19,22,26H,3-8,11,14-18,20-21,23-25H2,1-2H3,(H,29,30)/b10-9-,13-12-,22-19-. The number of aliphatic carboxylic acids is 1. The summed E-state index contributed by atoms with van der Waals surface area (Å²) in [6.07, 6.45) is 29.0. The molecule has 4 nitrogen and oxygen atoms in total. The van der Waals surface area contributed by atoms with Gasteiger partial charge in [-0.1, -0.05) is 89.2 Å². The molecule has 32 heavy (non-hydrogen) atoms. The summed E-state index contributed by atoms with van der Waals surface area (Å²) in [5.74, 6) is -0.819. The second-order valence-electron chi connectivity index (χ2n) is 8.52. The van der Waals surface area contributed by atoms with Gasteiger partial charge in [0.2, 0.25) is 0 Å². The molecule has 184 valence electrons. The number of rotatable bonds is 22. The molecule has 0 aromatic heterocycles. The third-order valence-electron chi connectivity index (χ3n) is 5.35. The molecule has 0 fully saturated rings. The molecule has 0 aliphatic carbocycles. The van der Waals surface area contributed by atoms with Gasteiger partial charge in [0.1, 0.15) is 6.10 Å². The molecule has 0 aliphatic rings. The predicted molar refractivity (Wildman–Crippen MR) is 135 cm³/mol. The molecule has 0 saturated heterocycles. The van der Waals surface area contributed by atoms with Crippen LogP contribution in [0.15, 0.2) is 36.5 Å². The van der Waals surface area contributed by atoms with Gasteiger partial charge in [-0.2, -0.15) is 0 Å². The number of carbonyl (C=O) groups is 2. The highest BCUT2D eigenvalue weighted by Crippen LogP contribution is 2.13. The monoisotopic (exact) mass is 448 g/mol. The van der Waals surface area contributed by atoms with Crippen molar-refractivity contribution in [1.29, 1.82) is 0 Å². The molecule has 1 N–H and O–H groups in total. The Morgan fingerprint density at radius 2 is 1.31 bits per heavy atom. The number of carboxylic acids is 1.